The molecule has 0 bridgehead atoms. The van der Waals surface area contributed by atoms with Crippen molar-refractivity contribution in [3.05, 3.63) is 59.5 Å². The summed E-state index contributed by atoms with van der Waals surface area (Å²) < 4.78 is 106. The zero-order chi connectivity index (χ0) is 23.2. The summed E-state index contributed by atoms with van der Waals surface area (Å²) in [6, 6.07) is 0.534. The van der Waals surface area contributed by atoms with E-state index in [0.717, 1.165) is 10.4 Å². The first-order valence-electron chi connectivity index (χ1n) is 9.03. The third kappa shape index (κ3) is 3.92. The van der Waals surface area contributed by atoms with Crippen molar-refractivity contribution in [2.45, 2.75) is 42.1 Å². The molecular formula is C19H18F6N2O3S. The minimum Gasteiger partial charge on any atom is -0.370 e. The van der Waals surface area contributed by atoms with Crippen LogP contribution >= 0.6 is 0 Å². The number of fused-ring (bicyclic) bond motifs is 1. The number of pyridine rings is 1. The van der Waals surface area contributed by atoms with Gasteiger partial charge in [-0.15, -0.1) is 0 Å². The third-order valence-electron chi connectivity index (χ3n) is 5.43. The summed E-state index contributed by atoms with van der Waals surface area (Å²) in [5.74, 6) is 0. The molecule has 1 N–H and O–H groups in total. The molecule has 2 atom stereocenters. The third-order valence-corrected chi connectivity index (χ3v) is 7.66. The monoisotopic (exact) mass is 468 g/mol. The molecule has 3 rings (SSSR count). The van der Waals surface area contributed by atoms with Crippen LogP contribution in [-0.4, -0.2) is 53.9 Å². The van der Waals surface area contributed by atoms with Crippen LogP contribution in [0.4, 0.5) is 26.3 Å². The van der Waals surface area contributed by atoms with Crippen LogP contribution in [0.25, 0.3) is 6.08 Å². The highest BCUT2D eigenvalue weighted by Gasteiger charge is 2.72. The van der Waals surface area contributed by atoms with Crippen LogP contribution in [-0.2, 0) is 10.0 Å². The minimum atomic E-state index is -6.00. The molecule has 170 valence electrons. The molecule has 5 nitrogen and oxygen atoms in total. The van der Waals surface area contributed by atoms with Gasteiger partial charge in [0, 0.05) is 25.5 Å². The fourth-order valence-electron chi connectivity index (χ4n) is 3.60. The molecule has 0 aliphatic heterocycles. The minimum absolute atomic E-state index is 0.156. The van der Waals surface area contributed by atoms with Crippen LogP contribution < -0.4 is 0 Å². The average molecular weight is 468 g/mol. The Morgan fingerprint density at radius 3 is 2.29 bits per heavy atom. The Hall–Kier alpha value is -2.18. The zero-order valence-corrected chi connectivity index (χ0v) is 16.8. The molecule has 12 heteroatoms. The number of hydrogen-bond acceptors (Lipinski definition) is 4. The predicted octanol–water partition coefficient (Wildman–Crippen LogP) is 3.91. The van der Waals surface area contributed by atoms with Gasteiger partial charge in [0.2, 0.25) is 10.0 Å². The number of allylic oxidation sites excluding steroid dienone is 1. The summed E-state index contributed by atoms with van der Waals surface area (Å²) in [6.45, 7) is 0. The number of alkyl halides is 6. The smallest absolute Gasteiger partial charge is 0.370 e. The van der Waals surface area contributed by atoms with Gasteiger partial charge in [-0.05, 0) is 35.6 Å². The van der Waals surface area contributed by atoms with Gasteiger partial charge in [0.05, 0.1) is 0 Å². The number of nitrogens with zero attached hydrogens (tertiary/aromatic N) is 2. The Kier molecular flexibility index (Phi) is 5.87. The van der Waals surface area contributed by atoms with Crippen LogP contribution in [0.3, 0.4) is 0 Å². The Morgan fingerprint density at radius 1 is 1.10 bits per heavy atom. The van der Waals surface area contributed by atoms with Gasteiger partial charge in [-0.2, -0.15) is 30.6 Å². The fraction of sp³-hybridized carbons (Fsp3) is 0.421. The number of sulfonamides is 1. The molecule has 2 aliphatic carbocycles. The normalized spacial score (nSPS) is 22.4. The van der Waals surface area contributed by atoms with Crippen molar-refractivity contribution in [2.75, 3.05) is 7.05 Å². The Morgan fingerprint density at radius 2 is 1.74 bits per heavy atom. The summed E-state index contributed by atoms with van der Waals surface area (Å²) >= 11 is 0. The quantitative estimate of drug-likeness (QED) is 0.681. The number of aromatic nitrogens is 1. The topological polar surface area (TPSA) is 70.5 Å². The van der Waals surface area contributed by atoms with Gasteiger partial charge in [-0.3, -0.25) is 4.98 Å². The van der Waals surface area contributed by atoms with Crippen LogP contribution in [0.5, 0.6) is 0 Å². The molecule has 1 aromatic heterocycles. The van der Waals surface area contributed by atoms with E-state index < -0.39 is 51.3 Å². The molecule has 0 saturated heterocycles. The molecule has 2 aliphatic rings. The number of hydrogen-bond donors (Lipinski definition) is 1. The van der Waals surface area contributed by atoms with Crippen molar-refractivity contribution in [2.24, 2.45) is 0 Å². The first kappa shape index (κ1) is 23.5. The largest absolute Gasteiger partial charge is 0.430 e. The molecule has 1 aromatic rings. The van der Waals surface area contributed by atoms with E-state index >= 15 is 0 Å². The van der Waals surface area contributed by atoms with E-state index in [4.69, 9.17) is 0 Å². The van der Waals surface area contributed by atoms with Crippen molar-refractivity contribution in [3.63, 3.8) is 0 Å². The highest BCUT2D eigenvalue weighted by atomic mass is 32.2. The van der Waals surface area contributed by atoms with Gasteiger partial charge in [-0.1, -0.05) is 30.4 Å². The van der Waals surface area contributed by atoms with E-state index in [1.54, 1.807) is 18.2 Å². The average Bonchev–Trinajstić information content (AvgIpc) is 2.70. The maximum atomic E-state index is 13.2. The van der Waals surface area contributed by atoms with Crippen molar-refractivity contribution in [1.82, 2.24) is 9.29 Å². The van der Waals surface area contributed by atoms with Gasteiger partial charge < -0.3 is 5.11 Å². The predicted molar refractivity (Wildman–Crippen MR) is 100.0 cm³/mol. The molecule has 0 radical (unpaired) electrons. The van der Waals surface area contributed by atoms with Gasteiger partial charge in [0.1, 0.15) is 5.25 Å². The van der Waals surface area contributed by atoms with Crippen LogP contribution in [0.2, 0.25) is 0 Å². The lowest BCUT2D eigenvalue weighted by Crippen LogP contribution is -2.58. The molecule has 0 amide bonds. The van der Waals surface area contributed by atoms with Crippen LogP contribution in [0, 0.1) is 0 Å². The van der Waals surface area contributed by atoms with E-state index in [1.807, 2.05) is 0 Å². The van der Waals surface area contributed by atoms with E-state index in [2.05, 4.69) is 4.98 Å². The van der Waals surface area contributed by atoms with E-state index in [0.29, 0.717) is 23.3 Å². The lowest BCUT2D eigenvalue weighted by Gasteiger charge is -2.36. The van der Waals surface area contributed by atoms with Gasteiger partial charge in [0.15, 0.2) is 0 Å². The molecular weight excluding hydrogens is 450 g/mol. The Balaban J connectivity index is 1.86. The van der Waals surface area contributed by atoms with Gasteiger partial charge in [-0.25, -0.2) is 8.42 Å². The standard InChI is InChI=1S/C19H18F6N2O3S/c1-27(31(29,30)16-4-2-3-12-11-26-10-9-15(12)16)14-7-5-13(6-8-14)17(28,18(20,21)22)19(23,24)25/h2-3,5-7,9-11,14,16,28H,4,8H2,1H3. The van der Waals surface area contributed by atoms with Crippen LogP contribution in [0.1, 0.15) is 29.2 Å². The molecule has 31 heavy (non-hydrogen) atoms. The van der Waals surface area contributed by atoms with Crippen LogP contribution in [0.15, 0.2) is 48.3 Å². The SMILES string of the molecule is CN(C1C=CC(C(O)(C(F)(F)F)C(F)(F)F)=CC1)S(=O)(=O)C1CC=Cc2cnccc21. The molecule has 0 saturated carbocycles. The van der Waals surface area contributed by atoms with E-state index in [9.17, 15) is 39.9 Å². The molecule has 0 fully saturated rings. The highest BCUT2D eigenvalue weighted by Crippen LogP contribution is 2.49. The van der Waals surface area contributed by atoms with Crippen molar-refractivity contribution in [1.29, 1.82) is 0 Å². The van der Waals surface area contributed by atoms with Gasteiger partial charge in [0.25, 0.3) is 5.60 Å². The maximum absolute atomic E-state index is 13.2. The highest BCUT2D eigenvalue weighted by molar-refractivity contribution is 7.89. The second-order valence-electron chi connectivity index (χ2n) is 7.22. The second kappa shape index (κ2) is 7.75. The molecule has 0 spiro atoms. The zero-order valence-electron chi connectivity index (χ0n) is 16.0. The van der Waals surface area contributed by atoms with Crippen molar-refractivity contribution >= 4 is 16.1 Å². The van der Waals surface area contributed by atoms with Crippen molar-refractivity contribution in [3.8, 4) is 0 Å². The lowest BCUT2D eigenvalue weighted by molar-refractivity contribution is -0.351. The summed E-state index contributed by atoms with van der Waals surface area (Å²) in [4.78, 5) is 3.93. The molecule has 1 heterocycles. The summed E-state index contributed by atoms with van der Waals surface area (Å²) in [7, 11) is -2.81. The fourth-order valence-corrected chi connectivity index (χ4v) is 5.43. The maximum Gasteiger partial charge on any atom is 0.430 e. The lowest BCUT2D eigenvalue weighted by atomic mass is 9.87. The second-order valence-corrected chi connectivity index (χ2v) is 9.39. The van der Waals surface area contributed by atoms with Gasteiger partial charge >= 0.3 is 12.4 Å². The number of aliphatic hydroxyl groups is 1. The summed E-state index contributed by atoms with van der Waals surface area (Å²) in [5, 5.41) is 8.52. The number of likely N-dealkylation sites (N-methyl/N-ethyl adjacent to an activating group) is 1. The molecule has 0 aromatic carbocycles. The first-order valence-corrected chi connectivity index (χ1v) is 10.5. The van der Waals surface area contributed by atoms with E-state index in [1.165, 1.54) is 19.4 Å². The summed E-state index contributed by atoms with van der Waals surface area (Å²) in [6.07, 6.45) is -4.05. The first-order chi connectivity index (χ1) is 14.2. The Labute approximate surface area is 174 Å². The molecule has 2 unspecified atom stereocenters. The van der Waals surface area contributed by atoms with Crippen molar-refractivity contribution < 1.29 is 39.9 Å². The number of halogens is 6. The number of rotatable bonds is 4. The van der Waals surface area contributed by atoms with E-state index in [-0.39, 0.29) is 6.42 Å². The Bertz CT molecular complexity index is 1030. The summed E-state index contributed by atoms with van der Waals surface area (Å²) in [5.41, 5.74) is -5.33.